The van der Waals surface area contributed by atoms with E-state index in [1.807, 2.05) is 0 Å². The van der Waals surface area contributed by atoms with Gasteiger partial charge in [-0.25, -0.2) is 0 Å². The first-order valence-corrected chi connectivity index (χ1v) is 5.11. The summed E-state index contributed by atoms with van der Waals surface area (Å²) in [5.41, 5.74) is -2.25. The lowest BCUT2D eigenvalue weighted by atomic mass is 9.95. The molecule has 0 saturated carbocycles. The number of methoxy groups -OCH3 is 1. The first-order valence-electron chi connectivity index (χ1n) is 5.11. The summed E-state index contributed by atoms with van der Waals surface area (Å²) < 4.78 is 42.9. The van der Waals surface area contributed by atoms with Crippen LogP contribution < -0.4 is 0 Å². The highest BCUT2D eigenvalue weighted by Gasteiger charge is 2.37. The largest absolute Gasteiger partial charge is 0.469 e. The van der Waals surface area contributed by atoms with E-state index >= 15 is 0 Å². The molecule has 8 heteroatoms. The summed E-state index contributed by atoms with van der Waals surface area (Å²) in [6, 6.07) is 2.25. The SMILES string of the molecule is COC(=O)C(C)c1ccc([N+](=O)[O-])cc1C(F)(F)F. The number of nitrogens with zero attached hydrogens (tertiary/aromatic N) is 1. The molecule has 1 unspecified atom stereocenters. The fraction of sp³-hybridized carbons (Fsp3) is 0.364. The van der Waals surface area contributed by atoms with Crippen molar-refractivity contribution in [2.45, 2.75) is 19.0 Å². The zero-order valence-electron chi connectivity index (χ0n) is 10.0. The average molecular weight is 277 g/mol. The van der Waals surface area contributed by atoms with E-state index in [2.05, 4.69) is 4.74 Å². The highest BCUT2D eigenvalue weighted by molar-refractivity contribution is 5.78. The molecule has 5 nitrogen and oxygen atoms in total. The van der Waals surface area contributed by atoms with Crippen LogP contribution in [-0.4, -0.2) is 18.0 Å². The van der Waals surface area contributed by atoms with Gasteiger partial charge in [-0.2, -0.15) is 13.2 Å². The summed E-state index contributed by atoms with van der Waals surface area (Å²) >= 11 is 0. The van der Waals surface area contributed by atoms with Crippen molar-refractivity contribution < 1.29 is 27.6 Å². The van der Waals surface area contributed by atoms with Gasteiger partial charge in [-0.05, 0) is 12.5 Å². The van der Waals surface area contributed by atoms with E-state index in [4.69, 9.17) is 0 Å². The Labute approximate surface area is 106 Å². The standard InChI is InChI=1S/C11H10F3NO4/c1-6(10(16)19-2)8-4-3-7(15(17)18)5-9(8)11(12,13)14/h3-6H,1-2H3. The van der Waals surface area contributed by atoms with Crippen molar-refractivity contribution in [1.82, 2.24) is 0 Å². The number of halogens is 3. The van der Waals surface area contributed by atoms with Crippen LogP contribution >= 0.6 is 0 Å². The van der Waals surface area contributed by atoms with Crippen LogP contribution in [0.15, 0.2) is 18.2 Å². The molecule has 0 amide bonds. The molecule has 0 radical (unpaired) electrons. The summed E-state index contributed by atoms with van der Waals surface area (Å²) in [5.74, 6) is -2.01. The van der Waals surface area contributed by atoms with Crippen LogP contribution in [0.4, 0.5) is 18.9 Å². The Hall–Kier alpha value is -2.12. The number of ether oxygens (including phenoxy) is 1. The van der Waals surface area contributed by atoms with Crippen molar-refractivity contribution in [3.63, 3.8) is 0 Å². The lowest BCUT2D eigenvalue weighted by Crippen LogP contribution is -2.17. The topological polar surface area (TPSA) is 69.4 Å². The molecule has 0 aliphatic heterocycles. The number of benzene rings is 1. The number of rotatable bonds is 3. The first-order chi connectivity index (χ1) is 8.68. The normalized spacial score (nSPS) is 12.9. The van der Waals surface area contributed by atoms with Crippen molar-refractivity contribution in [1.29, 1.82) is 0 Å². The highest BCUT2D eigenvalue weighted by Crippen LogP contribution is 2.37. The molecule has 0 aromatic heterocycles. The third kappa shape index (κ3) is 3.21. The van der Waals surface area contributed by atoms with Crippen LogP contribution in [0.25, 0.3) is 0 Å². The van der Waals surface area contributed by atoms with Gasteiger partial charge in [-0.1, -0.05) is 6.07 Å². The van der Waals surface area contributed by atoms with E-state index in [-0.39, 0.29) is 5.56 Å². The van der Waals surface area contributed by atoms with Gasteiger partial charge in [0.15, 0.2) is 0 Å². The van der Waals surface area contributed by atoms with Gasteiger partial charge in [-0.3, -0.25) is 14.9 Å². The number of esters is 1. The van der Waals surface area contributed by atoms with Crippen LogP contribution in [0, 0.1) is 10.1 Å². The van der Waals surface area contributed by atoms with Gasteiger partial charge in [0, 0.05) is 12.1 Å². The number of carbonyl (C=O) groups is 1. The monoisotopic (exact) mass is 277 g/mol. The third-order valence-electron chi connectivity index (χ3n) is 2.57. The van der Waals surface area contributed by atoms with Crippen LogP contribution in [0.2, 0.25) is 0 Å². The van der Waals surface area contributed by atoms with Gasteiger partial charge in [0.05, 0.1) is 23.5 Å². The second-order valence-corrected chi connectivity index (χ2v) is 3.77. The number of hydrogen-bond acceptors (Lipinski definition) is 4. The molecule has 1 aromatic carbocycles. The van der Waals surface area contributed by atoms with Gasteiger partial charge in [0.25, 0.3) is 5.69 Å². The van der Waals surface area contributed by atoms with Gasteiger partial charge >= 0.3 is 12.1 Å². The third-order valence-corrected chi connectivity index (χ3v) is 2.57. The summed E-state index contributed by atoms with van der Waals surface area (Å²) in [6.07, 6.45) is -4.79. The Bertz CT molecular complexity index is 513. The molecule has 1 rings (SSSR count). The van der Waals surface area contributed by atoms with E-state index in [1.165, 1.54) is 6.92 Å². The molecule has 1 atom stereocenters. The average Bonchev–Trinajstić information content (AvgIpc) is 2.35. The minimum atomic E-state index is -4.79. The quantitative estimate of drug-likeness (QED) is 0.484. The number of nitro benzene ring substituents is 1. The fourth-order valence-electron chi connectivity index (χ4n) is 1.58. The molecule has 0 bridgehead atoms. The van der Waals surface area contributed by atoms with E-state index in [1.54, 1.807) is 0 Å². The first kappa shape index (κ1) is 14.9. The molecule has 0 heterocycles. The van der Waals surface area contributed by atoms with Gasteiger partial charge in [-0.15, -0.1) is 0 Å². The predicted octanol–water partition coefficient (Wildman–Crippen LogP) is 2.89. The zero-order chi connectivity index (χ0) is 14.8. The summed E-state index contributed by atoms with van der Waals surface area (Å²) in [5, 5.41) is 10.5. The molecule has 1 aromatic rings. The van der Waals surface area contributed by atoms with Crippen LogP contribution in [0.3, 0.4) is 0 Å². The van der Waals surface area contributed by atoms with Crippen molar-refractivity contribution in [2.75, 3.05) is 7.11 Å². The smallest absolute Gasteiger partial charge is 0.416 e. The molecular weight excluding hydrogens is 267 g/mol. The Morgan fingerprint density at radius 1 is 1.42 bits per heavy atom. The minimum Gasteiger partial charge on any atom is -0.469 e. The van der Waals surface area contributed by atoms with Crippen LogP contribution in [-0.2, 0) is 15.7 Å². The maximum Gasteiger partial charge on any atom is 0.416 e. The van der Waals surface area contributed by atoms with Crippen molar-refractivity contribution in [3.05, 3.63) is 39.4 Å². The number of carbonyl (C=O) groups excluding carboxylic acids is 1. The molecular formula is C11H10F3NO4. The van der Waals surface area contributed by atoms with E-state index in [0.29, 0.717) is 6.07 Å². The summed E-state index contributed by atoms with van der Waals surface area (Å²) in [6.45, 7) is 1.24. The van der Waals surface area contributed by atoms with Gasteiger partial charge < -0.3 is 4.74 Å². The van der Waals surface area contributed by atoms with Gasteiger partial charge in [0.2, 0.25) is 0 Å². The molecule has 19 heavy (non-hydrogen) atoms. The number of hydrogen-bond donors (Lipinski definition) is 0. The van der Waals surface area contributed by atoms with E-state index in [9.17, 15) is 28.1 Å². The molecule has 0 saturated heterocycles. The Balaban J connectivity index is 3.40. The number of nitro groups is 1. The van der Waals surface area contributed by atoms with Crippen molar-refractivity contribution >= 4 is 11.7 Å². The van der Waals surface area contributed by atoms with E-state index < -0.39 is 34.2 Å². The Kier molecular flexibility index (Phi) is 4.13. The minimum absolute atomic E-state index is 0.357. The molecule has 0 aliphatic rings. The maximum atomic E-state index is 12.8. The molecule has 0 aliphatic carbocycles. The predicted molar refractivity (Wildman–Crippen MR) is 58.5 cm³/mol. The van der Waals surface area contributed by atoms with Crippen LogP contribution in [0.1, 0.15) is 24.0 Å². The second-order valence-electron chi connectivity index (χ2n) is 3.77. The molecule has 0 N–H and O–H groups in total. The van der Waals surface area contributed by atoms with Gasteiger partial charge in [0.1, 0.15) is 0 Å². The van der Waals surface area contributed by atoms with Crippen molar-refractivity contribution in [3.8, 4) is 0 Å². The lowest BCUT2D eigenvalue weighted by molar-refractivity contribution is -0.385. The zero-order valence-corrected chi connectivity index (χ0v) is 10.0. The second kappa shape index (κ2) is 5.25. The van der Waals surface area contributed by atoms with Crippen LogP contribution in [0.5, 0.6) is 0 Å². The fourth-order valence-corrected chi connectivity index (χ4v) is 1.58. The number of alkyl halides is 3. The van der Waals surface area contributed by atoms with Crippen molar-refractivity contribution in [2.24, 2.45) is 0 Å². The highest BCUT2D eigenvalue weighted by atomic mass is 19.4. The van der Waals surface area contributed by atoms with E-state index in [0.717, 1.165) is 19.2 Å². The molecule has 104 valence electrons. The Morgan fingerprint density at radius 3 is 2.42 bits per heavy atom. The number of non-ortho nitro benzene ring substituents is 1. The maximum absolute atomic E-state index is 12.8. The molecule has 0 spiro atoms. The summed E-state index contributed by atoms with van der Waals surface area (Å²) in [4.78, 5) is 20.9. The lowest BCUT2D eigenvalue weighted by Gasteiger charge is -2.16. The Morgan fingerprint density at radius 2 is 2.00 bits per heavy atom. The summed E-state index contributed by atoms with van der Waals surface area (Å²) in [7, 11) is 1.05. The molecule has 0 fully saturated rings.